The Morgan fingerprint density at radius 2 is 0.976 bits per heavy atom. The Bertz CT molecular complexity index is 2180. The first-order chi connectivity index (χ1) is 20.3. The molecule has 8 rings (SSSR count). The first-order valence-corrected chi connectivity index (χ1v) is 13.8. The van der Waals surface area contributed by atoms with Crippen molar-refractivity contribution < 1.29 is 0 Å². The lowest BCUT2D eigenvalue weighted by Crippen LogP contribution is -2.01. The molecule has 3 heteroatoms. The highest BCUT2D eigenvalue weighted by molar-refractivity contribution is 6.18. The lowest BCUT2D eigenvalue weighted by molar-refractivity contribution is 0.992. The average Bonchev–Trinajstić information content (AvgIpc) is 3.40. The smallest absolute Gasteiger partial charge is 0.234 e. The largest absolute Gasteiger partial charge is 0.277 e. The van der Waals surface area contributed by atoms with Gasteiger partial charge in [-0.15, -0.1) is 0 Å². The molecule has 0 aliphatic carbocycles. The van der Waals surface area contributed by atoms with Crippen molar-refractivity contribution in [3.05, 3.63) is 152 Å². The van der Waals surface area contributed by atoms with Crippen LogP contribution in [0.25, 0.3) is 71.9 Å². The molecule has 0 N–H and O–H groups in total. The van der Waals surface area contributed by atoms with Crippen LogP contribution >= 0.6 is 0 Å². The zero-order valence-electron chi connectivity index (χ0n) is 22.3. The maximum Gasteiger partial charge on any atom is 0.234 e. The maximum absolute atomic E-state index is 4.88. The number of hydrogen-bond donors (Lipinski definition) is 0. The summed E-state index contributed by atoms with van der Waals surface area (Å²) in [5, 5.41) is 4.81. The predicted octanol–water partition coefficient (Wildman–Crippen LogP) is 9.73. The van der Waals surface area contributed by atoms with Crippen LogP contribution in [0.15, 0.2) is 152 Å². The third kappa shape index (κ3) is 3.98. The number of aromatic nitrogens is 3. The Morgan fingerprint density at radius 1 is 0.390 bits per heavy atom. The second-order valence-electron chi connectivity index (χ2n) is 10.3. The molecule has 0 spiro atoms. The number of fused-ring (bicyclic) bond motifs is 5. The SMILES string of the molecule is c1ccc(-c2cccc(-c3ccc(-c4cnc(-n5c6ccccc6c6ccc7ccccc7c65)nc4)cc3)c2)cc1. The second-order valence-corrected chi connectivity index (χ2v) is 10.3. The number of para-hydroxylation sites is 1. The molecule has 0 aliphatic rings. The van der Waals surface area contributed by atoms with Gasteiger partial charge in [0.15, 0.2) is 0 Å². The molecule has 0 unspecified atom stereocenters. The zero-order valence-corrected chi connectivity index (χ0v) is 22.3. The number of nitrogens with zero attached hydrogens (tertiary/aromatic N) is 3. The van der Waals surface area contributed by atoms with Crippen LogP contribution in [0.2, 0.25) is 0 Å². The highest BCUT2D eigenvalue weighted by Gasteiger charge is 2.16. The van der Waals surface area contributed by atoms with Crippen LogP contribution in [-0.4, -0.2) is 14.5 Å². The van der Waals surface area contributed by atoms with Gasteiger partial charge in [-0.3, -0.25) is 4.57 Å². The fourth-order valence-corrected chi connectivity index (χ4v) is 5.89. The van der Waals surface area contributed by atoms with Crippen LogP contribution in [0.3, 0.4) is 0 Å². The Balaban J connectivity index is 1.16. The summed E-state index contributed by atoms with van der Waals surface area (Å²) in [5.74, 6) is 0.672. The van der Waals surface area contributed by atoms with Crippen molar-refractivity contribution in [2.75, 3.05) is 0 Å². The van der Waals surface area contributed by atoms with Gasteiger partial charge in [-0.05, 0) is 45.3 Å². The first-order valence-electron chi connectivity index (χ1n) is 13.8. The molecular formula is C38H25N3. The summed E-state index contributed by atoms with van der Waals surface area (Å²) in [7, 11) is 0. The minimum absolute atomic E-state index is 0.672. The molecular weight excluding hydrogens is 498 g/mol. The molecule has 8 aromatic rings. The van der Waals surface area contributed by atoms with Gasteiger partial charge in [-0.25, -0.2) is 9.97 Å². The van der Waals surface area contributed by atoms with Crippen LogP contribution in [-0.2, 0) is 0 Å². The lowest BCUT2D eigenvalue weighted by Gasteiger charge is -2.10. The molecule has 0 radical (unpaired) electrons. The first kappa shape index (κ1) is 23.4. The van der Waals surface area contributed by atoms with Crippen LogP contribution in [0, 0.1) is 0 Å². The van der Waals surface area contributed by atoms with E-state index in [0.717, 1.165) is 22.2 Å². The van der Waals surface area contributed by atoms with E-state index in [1.807, 2.05) is 18.5 Å². The lowest BCUT2D eigenvalue weighted by atomic mass is 9.98. The quantitative estimate of drug-likeness (QED) is 0.230. The molecule has 0 amide bonds. The van der Waals surface area contributed by atoms with Gasteiger partial charge in [-0.1, -0.05) is 127 Å². The van der Waals surface area contributed by atoms with Gasteiger partial charge in [0, 0.05) is 34.1 Å². The molecule has 0 atom stereocenters. The van der Waals surface area contributed by atoms with Crippen molar-refractivity contribution in [3.8, 4) is 39.3 Å². The third-order valence-corrected chi connectivity index (χ3v) is 7.92. The number of hydrogen-bond acceptors (Lipinski definition) is 2. The van der Waals surface area contributed by atoms with Crippen molar-refractivity contribution in [2.45, 2.75) is 0 Å². The summed E-state index contributed by atoms with van der Waals surface area (Å²) < 4.78 is 2.19. The fourth-order valence-electron chi connectivity index (χ4n) is 5.89. The summed E-state index contributed by atoms with van der Waals surface area (Å²) in [4.78, 5) is 9.76. The molecule has 0 saturated carbocycles. The van der Waals surface area contributed by atoms with Crippen molar-refractivity contribution in [2.24, 2.45) is 0 Å². The predicted molar refractivity (Wildman–Crippen MR) is 170 cm³/mol. The van der Waals surface area contributed by atoms with Gasteiger partial charge < -0.3 is 0 Å². The molecule has 3 nitrogen and oxygen atoms in total. The Kier molecular flexibility index (Phi) is 5.46. The van der Waals surface area contributed by atoms with E-state index in [1.54, 1.807) is 0 Å². The van der Waals surface area contributed by atoms with E-state index < -0.39 is 0 Å². The number of benzene rings is 6. The zero-order chi connectivity index (χ0) is 27.2. The average molecular weight is 524 g/mol. The van der Waals surface area contributed by atoms with E-state index in [9.17, 15) is 0 Å². The minimum atomic E-state index is 0.672. The highest BCUT2D eigenvalue weighted by Crippen LogP contribution is 2.36. The number of rotatable bonds is 4. The molecule has 0 saturated heterocycles. The van der Waals surface area contributed by atoms with Crippen LogP contribution < -0.4 is 0 Å². The topological polar surface area (TPSA) is 30.7 Å². The Morgan fingerprint density at radius 3 is 1.73 bits per heavy atom. The molecule has 41 heavy (non-hydrogen) atoms. The molecule has 2 aromatic heterocycles. The summed E-state index contributed by atoms with van der Waals surface area (Å²) in [6.45, 7) is 0. The molecule has 0 bridgehead atoms. The Hall–Kier alpha value is -5.54. The van der Waals surface area contributed by atoms with Crippen LogP contribution in [0.4, 0.5) is 0 Å². The standard InChI is InChI=1S/C38H25N3/c1-2-9-26(10-3-1)30-12-8-13-31(23-30)27-17-19-28(20-18-27)32-24-39-38(40-25-32)41-36-16-7-6-15-34(36)35-22-21-29-11-4-5-14-33(29)37(35)41/h1-25H. The van der Waals surface area contributed by atoms with Crippen molar-refractivity contribution in [1.82, 2.24) is 14.5 Å². The van der Waals surface area contributed by atoms with Crippen LogP contribution in [0.1, 0.15) is 0 Å². The molecule has 2 heterocycles. The monoisotopic (exact) mass is 523 g/mol. The van der Waals surface area contributed by atoms with Gasteiger partial charge in [0.25, 0.3) is 0 Å². The second kappa shape index (κ2) is 9.58. The minimum Gasteiger partial charge on any atom is -0.277 e. The van der Waals surface area contributed by atoms with Crippen LogP contribution in [0.5, 0.6) is 0 Å². The van der Waals surface area contributed by atoms with Gasteiger partial charge in [0.2, 0.25) is 5.95 Å². The Labute approximate surface area is 238 Å². The third-order valence-electron chi connectivity index (χ3n) is 7.92. The maximum atomic E-state index is 4.88. The molecule has 192 valence electrons. The van der Waals surface area contributed by atoms with E-state index >= 15 is 0 Å². The van der Waals surface area contributed by atoms with E-state index in [-0.39, 0.29) is 0 Å². The van der Waals surface area contributed by atoms with Gasteiger partial charge in [-0.2, -0.15) is 0 Å². The summed E-state index contributed by atoms with van der Waals surface area (Å²) >= 11 is 0. The fraction of sp³-hybridized carbons (Fsp3) is 0. The highest BCUT2D eigenvalue weighted by atomic mass is 15.1. The molecule has 6 aromatic carbocycles. The molecule has 0 aliphatic heterocycles. The van der Waals surface area contributed by atoms with E-state index in [4.69, 9.17) is 9.97 Å². The van der Waals surface area contributed by atoms with Gasteiger partial charge in [0.1, 0.15) is 0 Å². The van der Waals surface area contributed by atoms with Crippen molar-refractivity contribution in [3.63, 3.8) is 0 Å². The van der Waals surface area contributed by atoms with Crippen molar-refractivity contribution in [1.29, 1.82) is 0 Å². The normalized spacial score (nSPS) is 11.4. The van der Waals surface area contributed by atoms with E-state index in [1.165, 1.54) is 43.8 Å². The van der Waals surface area contributed by atoms with Gasteiger partial charge >= 0.3 is 0 Å². The molecule has 0 fully saturated rings. The van der Waals surface area contributed by atoms with E-state index in [0.29, 0.717) is 5.95 Å². The summed E-state index contributed by atoms with van der Waals surface area (Å²) in [5.41, 5.74) is 9.14. The summed E-state index contributed by atoms with van der Waals surface area (Å²) in [6.07, 6.45) is 3.86. The van der Waals surface area contributed by atoms with Crippen molar-refractivity contribution >= 4 is 32.6 Å². The van der Waals surface area contributed by atoms with E-state index in [2.05, 4.69) is 138 Å². The van der Waals surface area contributed by atoms with Gasteiger partial charge in [0.05, 0.1) is 11.0 Å². The summed E-state index contributed by atoms with van der Waals surface area (Å²) in [6, 6.07) is 49.2.